The first-order valence-corrected chi connectivity index (χ1v) is 13.8. The predicted octanol–water partition coefficient (Wildman–Crippen LogP) is 3.76. The van der Waals surface area contributed by atoms with Crippen molar-refractivity contribution in [3.05, 3.63) is 65.4 Å². The van der Waals surface area contributed by atoms with Gasteiger partial charge in [-0.15, -0.1) is 0 Å². The minimum absolute atomic E-state index is 0.155. The first-order chi connectivity index (χ1) is 20.1. The number of anilines is 3. The highest BCUT2D eigenvalue weighted by Crippen LogP contribution is 2.45. The maximum absolute atomic E-state index is 13.2. The van der Waals surface area contributed by atoms with Crippen LogP contribution in [0.4, 0.5) is 17.1 Å². The first-order valence-electron chi connectivity index (χ1n) is 13.8. The lowest BCUT2D eigenvalue weighted by Crippen LogP contribution is -2.36. The largest absolute Gasteiger partial charge is 0.486 e. The number of nitriles is 1. The monoisotopic (exact) mass is 553 g/mol. The summed E-state index contributed by atoms with van der Waals surface area (Å²) in [6, 6.07) is 12.9. The molecule has 210 valence electrons. The highest BCUT2D eigenvalue weighted by Gasteiger charge is 2.38. The molecule has 0 radical (unpaired) electrons. The minimum Gasteiger partial charge on any atom is -0.486 e. The lowest BCUT2D eigenvalue weighted by molar-refractivity contribution is -0.141. The van der Waals surface area contributed by atoms with Crippen molar-refractivity contribution in [1.29, 1.82) is 5.26 Å². The summed E-state index contributed by atoms with van der Waals surface area (Å²) in [7, 11) is 1.36. The standard InChI is InChI=1S/C31H31N5O5/c1-39-31(38)27-13-20-4-2-3-5-26(20)36(27)30-21(16-32)17-34-24-15-28(41-22-8-11-40-18-22)25(14-23(24)30)35-29(37)12-19-6-9-33-10-7-19/h2-5,12,14-15,17,22,27,33H,6-11,13,18H2,1H3,(H,35,37). The number of pyridine rings is 1. The molecular weight excluding hydrogens is 522 g/mol. The van der Waals surface area contributed by atoms with Crippen molar-refractivity contribution in [2.75, 3.05) is 43.6 Å². The second-order valence-electron chi connectivity index (χ2n) is 10.4. The second-order valence-corrected chi connectivity index (χ2v) is 10.4. The molecule has 3 aliphatic heterocycles. The smallest absolute Gasteiger partial charge is 0.329 e. The molecule has 3 aliphatic rings. The first kappa shape index (κ1) is 26.7. The Kier molecular flexibility index (Phi) is 7.55. The number of amides is 1. The predicted molar refractivity (Wildman–Crippen MR) is 153 cm³/mol. The lowest BCUT2D eigenvalue weighted by atomic mass is 10.0. The molecule has 1 amide bonds. The van der Waals surface area contributed by atoms with Crippen LogP contribution in [-0.4, -0.2) is 62.4 Å². The number of rotatable bonds is 6. The number of fused-ring (bicyclic) bond motifs is 2. The van der Waals surface area contributed by atoms with Gasteiger partial charge in [0.05, 0.1) is 42.8 Å². The number of aromatic nitrogens is 1. The third kappa shape index (κ3) is 5.34. The molecule has 6 rings (SSSR count). The number of esters is 1. The van der Waals surface area contributed by atoms with Crippen LogP contribution in [0, 0.1) is 11.3 Å². The van der Waals surface area contributed by atoms with Crippen LogP contribution in [0.25, 0.3) is 10.9 Å². The number of para-hydroxylation sites is 1. The van der Waals surface area contributed by atoms with Gasteiger partial charge in [-0.1, -0.05) is 23.8 Å². The summed E-state index contributed by atoms with van der Waals surface area (Å²) in [5.74, 6) is -0.184. The molecule has 0 saturated carbocycles. The lowest BCUT2D eigenvalue weighted by Gasteiger charge is -2.28. The maximum atomic E-state index is 13.2. The van der Waals surface area contributed by atoms with Gasteiger partial charge >= 0.3 is 5.97 Å². The summed E-state index contributed by atoms with van der Waals surface area (Å²) < 4.78 is 17.0. The van der Waals surface area contributed by atoms with E-state index in [9.17, 15) is 14.9 Å². The Morgan fingerprint density at radius 3 is 2.83 bits per heavy atom. The SMILES string of the molecule is COC(=O)C1Cc2ccccc2N1c1c(C#N)cnc2cc(OC3CCOC3)c(NC(=O)C=C3CCNCC3)cc12. The normalized spacial score (nSPS) is 19.9. The zero-order valence-electron chi connectivity index (χ0n) is 22.8. The van der Waals surface area contributed by atoms with E-state index in [1.54, 1.807) is 18.2 Å². The maximum Gasteiger partial charge on any atom is 0.329 e. The van der Waals surface area contributed by atoms with E-state index >= 15 is 0 Å². The number of benzene rings is 2. The molecule has 0 aliphatic carbocycles. The second kappa shape index (κ2) is 11.6. The Morgan fingerprint density at radius 2 is 2.07 bits per heavy atom. The quantitative estimate of drug-likeness (QED) is 0.347. The van der Waals surface area contributed by atoms with Gasteiger partial charge in [0.1, 0.15) is 24.0 Å². The molecular formula is C31H31N5O5. The van der Waals surface area contributed by atoms with Crippen LogP contribution in [0.2, 0.25) is 0 Å². The third-order valence-corrected chi connectivity index (χ3v) is 7.77. The Morgan fingerprint density at radius 1 is 1.24 bits per heavy atom. The molecule has 2 atom stereocenters. The van der Waals surface area contributed by atoms with Crippen LogP contribution in [0.3, 0.4) is 0 Å². The fourth-order valence-electron chi connectivity index (χ4n) is 5.76. The summed E-state index contributed by atoms with van der Waals surface area (Å²) in [5, 5.41) is 17.1. The van der Waals surface area contributed by atoms with Crippen molar-refractivity contribution in [3.63, 3.8) is 0 Å². The van der Waals surface area contributed by atoms with Gasteiger partial charge < -0.3 is 29.7 Å². The highest BCUT2D eigenvalue weighted by atomic mass is 16.5. The van der Waals surface area contributed by atoms with E-state index in [0.717, 1.165) is 49.2 Å². The minimum atomic E-state index is -0.663. The molecule has 41 heavy (non-hydrogen) atoms. The summed E-state index contributed by atoms with van der Waals surface area (Å²) in [6.45, 7) is 2.75. The molecule has 1 aromatic heterocycles. The molecule has 10 heteroatoms. The van der Waals surface area contributed by atoms with E-state index in [-0.39, 0.29) is 12.0 Å². The van der Waals surface area contributed by atoms with Gasteiger partial charge in [0.25, 0.3) is 0 Å². The van der Waals surface area contributed by atoms with Crippen molar-refractivity contribution in [2.24, 2.45) is 0 Å². The van der Waals surface area contributed by atoms with Crippen LogP contribution in [0.5, 0.6) is 5.75 Å². The van der Waals surface area contributed by atoms with E-state index < -0.39 is 12.0 Å². The van der Waals surface area contributed by atoms with Gasteiger partial charge in [-0.05, 0) is 43.6 Å². The van der Waals surface area contributed by atoms with Crippen LogP contribution >= 0.6 is 0 Å². The molecule has 0 spiro atoms. The molecule has 4 heterocycles. The Labute approximate surface area is 237 Å². The molecule has 2 unspecified atom stereocenters. The van der Waals surface area contributed by atoms with Gasteiger partial charge in [0, 0.05) is 42.3 Å². The van der Waals surface area contributed by atoms with Crippen molar-refractivity contribution < 1.29 is 23.8 Å². The Hall–Kier alpha value is -4.46. The number of methoxy groups -OCH3 is 1. The average molecular weight is 554 g/mol. The number of ether oxygens (including phenoxy) is 3. The molecule has 2 saturated heterocycles. The summed E-state index contributed by atoms with van der Waals surface area (Å²) >= 11 is 0. The fraction of sp³-hybridized carbons (Fsp3) is 0.355. The van der Waals surface area contributed by atoms with E-state index in [2.05, 4.69) is 21.7 Å². The Balaban J connectivity index is 1.49. The van der Waals surface area contributed by atoms with Gasteiger partial charge in [-0.2, -0.15) is 5.26 Å². The van der Waals surface area contributed by atoms with Crippen molar-refractivity contribution in [2.45, 2.75) is 37.8 Å². The van der Waals surface area contributed by atoms with Gasteiger partial charge in [-0.3, -0.25) is 9.78 Å². The molecule has 3 aromatic rings. The molecule has 2 N–H and O–H groups in total. The average Bonchev–Trinajstić information content (AvgIpc) is 3.65. The van der Waals surface area contributed by atoms with Crippen LogP contribution < -0.4 is 20.3 Å². The van der Waals surface area contributed by atoms with E-state index in [1.807, 2.05) is 29.2 Å². The van der Waals surface area contributed by atoms with E-state index in [1.165, 1.54) is 13.3 Å². The number of carbonyl (C=O) groups is 2. The summed E-state index contributed by atoms with van der Waals surface area (Å²) in [6.07, 6.45) is 5.81. The van der Waals surface area contributed by atoms with Crippen LogP contribution in [0.15, 0.2) is 54.2 Å². The number of hydrogen-bond acceptors (Lipinski definition) is 9. The van der Waals surface area contributed by atoms with Gasteiger partial charge in [-0.25, -0.2) is 4.79 Å². The number of nitrogens with one attached hydrogen (secondary N) is 2. The topological polar surface area (TPSA) is 126 Å². The van der Waals surface area contributed by atoms with Crippen molar-refractivity contribution in [3.8, 4) is 11.8 Å². The number of nitrogens with zero attached hydrogens (tertiary/aromatic N) is 3. The van der Waals surface area contributed by atoms with Crippen molar-refractivity contribution >= 4 is 39.8 Å². The molecule has 10 nitrogen and oxygen atoms in total. The zero-order chi connectivity index (χ0) is 28.3. The molecule has 2 fully saturated rings. The highest BCUT2D eigenvalue weighted by molar-refractivity contribution is 6.06. The van der Waals surface area contributed by atoms with E-state index in [4.69, 9.17) is 14.2 Å². The Bertz CT molecular complexity index is 1570. The third-order valence-electron chi connectivity index (χ3n) is 7.77. The van der Waals surface area contributed by atoms with Gasteiger partial charge in [0.2, 0.25) is 5.91 Å². The van der Waals surface area contributed by atoms with Crippen LogP contribution in [-0.2, 0) is 25.5 Å². The van der Waals surface area contributed by atoms with Crippen molar-refractivity contribution in [1.82, 2.24) is 10.3 Å². The number of piperidine rings is 1. The van der Waals surface area contributed by atoms with Gasteiger partial charge in [0.15, 0.2) is 0 Å². The fourth-order valence-corrected chi connectivity index (χ4v) is 5.76. The van der Waals surface area contributed by atoms with E-state index in [0.29, 0.717) is 53.2 Å². The molecule has 2 aromatic carbocycles. The summed E-state index contributed by atoms with van der Waals surface area (Å²) in [5.41, 5.74) is 4.72. The summed E-state index contributed by atoms with van der Waals surface area (Å²) in [4.78, 5) is 32.6. The molecule has 0 bridgehead atoms. The number of hydrogen-bond donors (Lipinski definition) is 2. The van der Waals surface area contributed by atoms with Crippen LogP contribution in [0.1, 0.15) is 30.4 Å². The number of carbonyl (C=O) groups excluding carboxylic acids is 2. The zero-order valence-corrected chi connectivity index (χ0v) is 22.8.